The van der Waals surface area contributed by atoms with Gasteiger partial charge in [0, 0.05) is 17.0 Å². The number of rotatable bonds is 6. The van der Waals surface area contributed by atoms with Gasteiger partial charge >= 0.3 is 0 Å². The number of aromatic nitrogens is 2. The lowest BCUT2D eigenvalue weighted by atomic mass is 10.1. The average molecular weight is 424 g/mol. The second kappa shape index (κ2) is 8.55. The summed E-state index contributed by atoms with van der Waals surface area (Å²) in [6, 6.07) is 0. The SMILES string of the molecule is CCc1c(C)sc2nc(SCC(=O)NC(C)(C)C)n(C[C@H]3CCCO3)c(=O)c12. The van der Waals surface area contributed by atoms with Gasteiger partial charge in [0.25, 0.3) is 5.56 Å². The van der Waals surface area contributed by atoms with Gasteiger partial charge in [0.15, 0.2) is 5.16 Å². The highest BCUT2D eigenvalue weighted by Crippen LogP contribution is 2.30. The Bertz CT molecular complexity index is 921. The molecule has 0 spiro atoms. The molecule has 0 aliphatic carbocycles. The molecule has 1 atom stereocenters. The van der Waals surface area contributed by atoms with Crippen LogP contribution in [0.3, 0.4) is 0 Å². The highest BCUT2D eigenvalue weighted by atomic mass is 32.2. The van der Waals surface area contributed by atoms with Gasteiger partial charge in [-0.2, -0.15) is 0 Å². The maximum Gasteiger partial charge on any atom is 0.263 e. The van der Waals surface area contributed by atoms with Gasteiger partial charge in [0.05, 0.1) is 23.8 Å². The Hall–Kier alpha value is -1.38. The van der Waals surface area contributed by atoms with Crippen molar-refractivity contribution in [1.82, 2.24) is 14.9 Å². The molecule has 1 aliphatic rings. The molecule has 3 heterocycles. The van der Waals surface area contributed by atoms with Crippen molar-refractivity contribution >= 4 is 39.2 Å². The Balaban J connectivity index is 1.96. The summed E-state index contributed by atoms with van der Waals surface area (Å²) >= 11 is 2.88. The summed E-state index contributed by atoms with van der Waals surface area (Å²) in [4.78, 5) is 32.3. The number of ether oxygens (including phenoxy) is 1. The van der Waals surface area contributed by atoms with E-state index in [1.165, 1.54) is 11.8 Å². The van der Waals surface area contributed by atoms with E-state index in [9.17, 15) is 9.59 Å². The van der Waals surface area contributed by atoms with E-state index in [0.717, 1.165) is 46.5 Å². The molecule has 6 nitrogen and oxygen atoms in total. The molecule has 154 valence electrons. The molecule has 3 rings (SSSR count). The van der Waals surface area contributed by atoms with Crippen LogP contribution in [-0.4, -0.2) is 39.5 Å². The number of thioether (sulfide) groups is 1. The van der Waals surface area contributed by atoms with Crippen molar-refractivity contribution in [2.75, 3.05) is 12.4 Å². The normalized spacial score (nSPS) is 17.4. The lowest BCUT2D eigenvalue weighted by molar-refractivity contribution is -0.119. The van der Waals surface area contributed by atoms with Gasteiger partial charge in [-0.3, -0.25) is 14.2 Å². The molecule has 1 amide bonds. The molecular formula is C20H29N3O3S2. The minimum absolute atomic E-state index is 0.0135. The van der Waals surface area contributed by atoms with Crippen LogP contribution >= 0.6 is 23.1 Å². The van der Waals surface area contributed by atoms with E-state index in [0.29, 0.717) is 11.7 Å². The topological polar surface area (TPSA) is 73.2 Å². The molecule has 0 radical (unpaired) electrons. The lowest BCUT2D eigenvalue weighted by Gasteiger charge is -2.20. The van der Waals surface area contributed by atoms with Gasteiger partial charge in [-0.05, 0) is 52.5 Å². The number of hydrogen-bond acceptors (Lipinski definition) is 6. The first kappa shape index (κ1) is 21.3. The standard InChI is InChI=1S/C20H29N3O3S2/c1-6-14-12(2)28-17-16(14)18(25)23(10-13-8-7-9-26-13)19(21-17)27-11-15(24)22-20(3,4)5/h13H,6-11H2,1-5H3,(H,22,24)/t13-/m1/s1. The predicted octanol–water partition coefficient (Wildman–Crippen LogP) is 3.51. The third-order valence-electron chi connectivity index (χ3n) is 4.69. The zero-order valence-corrected chi connectivity index (χ0v) is 18.9. The van der Waals surface area contributed by atoms with Crippen LogP contribution in [0.5, 0.6) is 0 Å². The Morgan fingerprint density at radius 1 is 1.43 bits per heavy atom. The smallest absolute Gasteiger partial charge is 0.263 e. The first-order valence-corrected chi connectivity index (χ1v) is 11.6. The van der Waals surface area contributed by atoms with Crippen LogP contribution in [0.1, 0.15) is 51.0 Å². The number of nitrogens with zero attached hydrogens (tertiary/aromatic N) is 2. The highest BCUT2D eigenvalue weighted by Gasteiger charge is 2.23. The number of aryl methyl sites for hydroxylation is 2. The molecule has 2 aromatic rings. The summed E-state index contributed by atoms with van der Waals surface area (Å²) in [5.74, 6) is 0.165. The van der Waals surface area contributed by atoms with E-state index in [1.54, 1.807) is 15.9 Å². The number of carbonyl (C=O) groups is 1. The van der Waals surface area contributed by atoms with E-state index in [1.807, 2.05) is 27.7 Å². The van der Waals surface area contributed by atoms with Gasteiger partial charge in [-0.15, -0.1) is 11.3 Å². The molecule has 2 aromatic heterocycles. The largest absolute Gasteiger partial charge is 0.376 e. The van der Waals surface area contributed by atoms with Crippen LogP contribution in [0.4, 0.5) is 0 Å². The summed E-state index contributed by atoms with van der Waals surface area (Å²) in [7, 11) is 0. The van der Waals surface area contributed by atoms with Crippen LogP contribution in [0, 0.1) is 6.92 Å². The van der Waals surface area contributed by atoms with E-state index >= 15 is 0 Å². The van der Waals surface area contributed by atoms with E-state index in [4.69, 9.17) is 9.72 Å². The van der Waals surface area contributed by atoms with Crippen molar-refractivity contribution in [3.63, 3.8) is 0 Å². The third kappa shape index (κ3) is 4.78. The van der Waals surface area contributed by atoms with Crippen LogP contribution < -0.4 is 10.9 Å². The van der Waals surface area contributed by atoms with Crippen LogP contribution in [0.25, 0.3) is 10.2 Å². The van der Waals surface area contributed by atoms with Gasteiger partial charge < -0.3 is 10.1 Å². The van der Waals surface area contributed by atoms with Crippen molar-refractivity contribution in [1.29, 1.82) is 0 Å². The maximum atomic E-state index is 13.4. The van der Waals surface area contributed by atoms with Crippen molar-refractivity contribution in [2.45, 2.75) is 77.2 Å². The number of hydrogen-bond donors (Lipinski definition) is 1. The number of carbonyl (C=O) groups excluding carboxylic acids is 1. The van der Waals surface area contributed by atoms with Crippen molar-refractivity contribution in [2.24, 2.45) is 0 Å². The van der Waals surface area contributed by atoms with Crippen LogP contribution in [0.15, 0.2) is 9.95 Å². The molecule has 1 saturated heterocycles. The number of thiophene rings is 1. The Morgan fingerprint density at radius 2 is 2.18 bits per heavy atom. The molecule has 1 N–H and O–H groups in total. The average Bonchev–Trinajstić information content (AvgIpc) is 3.21. The number of amides is 1. The molecule has 8 heteroatoms. The quantitative estimate of drug-likeness (QED) is 0.568. The number of fused-ring (bicyclic) bond motifs is 1. The molecule has 0 aromatic carbocycles. The molecule has 28 heavy (non-hydrogen) atoms. The summed E-state index contributed by atoms with van der Waals surface area (Å²) < 4.78 is 7.48. The molecule has 1 fully saturated rings. The van der Waals surface area contributed by atoms with Gasteiger partial charge in [0.2, 0.25) is 5.91 Å². The maximum absolute atomic E-state index is 13.4. The van der Waals surface area contributed by atoms with E-state index in [2.05, 4.69) is 12.2 Å². The second-order valence-electron chi connectivity index (χ2n) is 8.20. The fourth-order valence-electron chi connectivity index (χ4n) is 3.50. The lowest BCUT2D eigenvalue weighted by Crippen LogP contribution is -2.41. The summed E-state index contributed by atoms with van der Waals surface area (Å²) in [5.41, 5.74) is 0.786. The van der Waals surface area contributed by atoms with Crippen molar-refractivity contribution in [3.8, 4) is 0 Å². The summed E-state index contributed by atoms with van der Waals surface area (Å²) in [6.07, 6.45) is 2.80. The van der Waals surface area contributed by atoms with Gasteiger partial charge in [0.1, 0.15) is 4.83 Å². The zero-order chi connectivity index (χ0) is 20.5. The number of nitrogens with one attached hydrogen (secondary N) is 1. The minimum Gasteiger partial charge on any atom is -0.376 e. The fourth-order valence-corrected chi connectivity index (χ4v) is 5.47. The third-order valence-corrected chi connectivity index (χ3v) is 6.71. The van der Waals surface area contributed by atoms with E-state index < -0.39 is 0 Å². The molecule has 1 aliphatic heterocycles. The van der Waals surface area contributed by atoms with Crippen LogP contribution in [0.2, 0.25) is 0 Å². The predicted molar refractivity (Wildman–Crippen MR) is 116 cm³/mol. The Kier molecular flexibility index (Phi) is 6.51. The van der Waals surface area contributed by atoms with Crippen LogP contribution in [-0.2, 0) is 22.5 Å². The van der Waals surface area contributed by atoms with Gasteiger partial charge in [-0.1, -0.05) is 18.7 Å². The van der Waals surface area contributed by atoms with Crippen molar-refractivity contribution in [3.05, 3.63) is 20.8 Å². The highest BCUT2D eigenvalue weighted by molar-refractivity contribution is 7.99. The minimum atomic E-state index is -0.284. The Labute approximate surface area is 174 Å². The summed E-state index contributed by atoms with van der Waals surface area (Å²) in [6.45, 7) is 11.2. The molecule has 0 saturated carbocycles. The summed E-state index contributed by atoms with van der Waals surface area (Å²) in [5, 5.41) is 4.29. The zero-order valence-electron chi connectivity index (χ0n) is 17.3. The first-order chi connectivity index (χ1) is 13.2. The molecule has 0 unspecified atom stereocenters. The van der Waals surface area contributed by atoms with Gasteiger partial charge in [-0.25, -0.2) is 4.98 Å². The first-order valence-electron chi connectivity index (χ1n) is 9.78. The second-order valence-corrected chi connectivity index (χ2v) is 10.3. The van der Waals surface area contributed by atoms with E-state index in [-0.39, 0.29) is 28.9 Å². The fraction of sp³-hybridized carbons (Fsp3) is 0.650. The molecule has 0 bridgehead atoms. The monoisotopic (exact) mass is 423 g/mol. The molecular weight excluding hydrogens is 394 g/mol. The van der Waals surface area contributed by atoms with Crippen molar-refractivity contribution < 1.29 is 9.53 Å². The Morgan fingerprint density at radius 3 is 2.79 bits per heavy atom.